The lowest BCUT2D eigenvalue weighted by Gasteiger charge is -2.22. The lowest BCUT2D eigenvalue weighted by molar-refractivity contribution is 0.0697. The van der Waals surface area contributed by atoms with Gasteiger partial charge in [-0.05, 0) is 37.5 Å². The summed E-state index contributed by atoms with van der Waals surface area (Å²) in [4.78, 5) is 11.4. The van der Waals surface area contributed by atoms with Crippen molar-refractivity contribution < 1.29 is 23.4 Å². The van der Waals surface area contributed by atoms with E-state index in [1.165, 1.54) is 18.2 Å². The number of hydrogen-bond acceptors (Lipinski definition) is 5. The van der Waals surface area contributed by atoms with E-state index in [-0.39, 0.29) is 23.1 Å². The Morgan fingerprint density at radius 1 is 1.21 bits per heavy atom. The minimum Gasteiger partial charge on any atom is -0.478 e. The Hall–Kier alpha value is -1.64. The summed E-state index contributed by atoms with van der Waals surface area (Å²) >= 11 is 0. The lowest BCUT2D eigenvalue weighted by Crippen LogP contribution is -2.36. The predicted octanol–water partition coefficient (Wildman–Crippen LogP) is 1.79. The molecule has 0 aliphatic heterocycles. The molecule has 1 aromatic rings. The van der Waals surface area contributed by atoms with Crippen LogP contribution in [-0.2, 0) is 10.0 Å². The van der Waals surface area contributed by atoms with E-state index in [1.807, 2.05) is 0 Å². The molecule has 0 unspecified atom stereocenters. The van der Waals surface area contributed by atoms with Crippen LogP contribution in [0.4, 0.5) is 5.69 Å². The molecule has 0 atom stereocenters. The molecule has 24 heavy (non-hydrogen) atoms. The van der Waals surface area contributed by atoms with Gasteiger partial charge in [0.05, 0.1) is 10.5 Å². The van der Waals surface area contributed by atoms with Crippen molar-refractivity contribution in [2.75, 3.05) is 18.5 Å². The molecule has 0 amide bonds. The third kappa shape index (κ3) is 4.93. The summed E-state index contributed by atoms with van der Waals surface area (Å²) in [5, 5.41) is 21.0. The second-order valence-corrected chi connectivity index (χ2v) is 7.69. The lowest BCUT2D eigenvalue weighted by atomic mass is 9.96. The number of carboxylic acids is 1. The van der Waals surface area contributed by atoms with Crippen LogP contribution in [0, 0.1) is 0 Å². The Balaban J connectivity index is 2.19. The Morgan fingerprint density at radius 2 is 1.92 bits per heavy atom. The highest BCUT2D eigenvalue weighted by Crippen LogP contribution is 2.23. The van der Waals surface area contributed by atoms with Gasteiger partial charge in [-0.25, -0.2) is 17.9 Å². The van der Waals surface area contributed by atoms with Crippen molar-refractivity contribution in [2.45, 2.75) is 49.5 Å². The van der Waals surface area contributed by atoms with Gasteiger partial charge in [0.15, 0.2) is 0 Å². The SMILES string of the molecule is O=C(O)c1cc(S(=O)(=O)NC2CCCCC2)ccc1NCCCO. The van der Waals surface area contributed by atoms with E-state index in [9.17, 15) is 18.3 Å². The summed E-state index contributed by atoms with van der Waals surface area (Å²) in [7, 11) is -3.74. The van der Waals surface area contributed by atoms with Gasteiger partial charge in [0.25, 0.3) is 0 Å². The van der Waals surface area contributed by atoms with Crippen molar-refractivity contribution >= 4 is 21.7 Å². The maximum atomic E-state index is 12.5. The van der Waals surface area contributed by atoms with Gasteiger partial charge in [-0.1, -0.05) is 19.3 Å². The third-order valence-electron chi connectivity index (χ3n) is 4.11. The molecule has 2 rings (SSSR count). The van der Waals surface area contributed by atoms with Gasteiger partial charge in [-0.3, -0.25) is 0 Å². The summed E-state index contributed by atoms with van der Waals surface area (Å²) in [6.45, 7) is 0.399. The van der Waals surface area contributed by atoms with Gasteiger partial charge >= 0.3 is 5.97 Å². The number of rotatable bonds is 8. The quantitative estimate of drug-likeness (QED) is 0.528. The maximum absolute atomic E-state index is 12.5. The monoisotopic (exact) mass is 356 g/mol. The average molecular weight is 356 g/mol. The van der Waals surface area contributed by atoms with Gasteiger partial charge in [0, 0.05) is 24.9 Å². The molecule has 1 aliphatic carbocycles. The van der Waals surface area contributed by atoms with Crippen molar-refractivity contribution in [3.05, 3.63) is 23.8 Å². The summed E-state index contributed by atoms with van der Waals surface area (Å²) in [6.07, 6.45) is 5.22. The average Bonchev–Trinajstić information content (AvgIpc) is 2.55. The number of nitrogens with one attached hydrogen (secondary N) is 2. The predicted molar refractivity (Wildman–Crippen MR) is 90.8 cm³/mol. The smallest absolute Gasteiger partial charge is 0.337 e. The molecule has 1 fully saturated rings. The van der Waals surface area contributed by atoms with Crippen LogP contribution in [0.5, 0.6) is 0 Å². The topological polar surface area (TPSA) is 116 Å². The first-order valence-corrected chi connectivity index (χ1v) is 9.67. The number of carboxylic acid groups (broad SMARTS) is 1. The fourth-order valence-corrected chi connectivity index (χ4v) is 4.16. The highest BCUT2D eigenvalue weighted by molar-refractivity contribution is 7.89. The number of anilines is 1. The molecule has 0 bridgehead atoms. The molecule has 7 nitrogen and oxygen atoms in total. The highest BCUT2D eigenvalue weighted by atomic mass is 32.2. The summed E-state index contributed by atoms with van der Waals surface area (Å²) in [5.74, 6) is -1.20. The van der Waals surface area contributed by atoms with Crippen LogP contribution in [0.2, 0.25) is 0 Å². The van der Waals surface area contributed by atoms with Gasteiger partial charge < -0.3 is 15.5 Å². The second-order valence-electron chi connectivity index (χ2n) is 5.97. The van der Waals surface area contributed by atoms with Crippen LogP contribution in [0.1, 0.15) is 48.9 Å². The first-order valence-electron chi connectivity index (χ1n) is 8.18. The van der Waals surface area contributed by atoms with E-state index in [2.05, 4.69) is 10.0 Å². The van der Waals surface area contributed by atoms with Gasteiger partial charge in [0.1, 0.15) is 0 Å². The van der Waals surface area contributed by atoms with Crippen LogP contribution in [0.3, 0.4) is 0 Å². The maximum Gasteiger partial charge on any atom is 0.337 e. The normalized spacial score (nSPS) is 16.0. The zero-order valence-electron chi connectivity index (χ0n) is 13.5. The number of carbonyl (C=O) groups is 1. The number of aliphatic hydroxyl groups is 1. The van der Waals surface area contributed by atoms with Crippen LogP contribution in [0.25, 0.3) is 0 Å². The summed E-state index contributed by atoms with van der Waals surface area (Å²) in [6, 6.07) is 3.95. The van der Waals surface area contributed by atoms with Crippen molar-refractivity contribution in [3.8, 4) is 0 Å². The first kappa shape index (κ1) is 18.7. The number of benzene rings is 1. The van der Waals surface area contributed by atoms with Gasteiger partial charge in [-0.2, -0.15) is 0 Å². The van der Waals surface area contributed by atoms with E-state index in [0.29, 0.717) is 18.7 Å². The van der Waals surface area contributed by atoms with Crippen LogP contribution in [-0.4, -0.2) is 43.8 Å². The molecule has 1 aliphatic rings. The number of aliphatic hydroxyl groups excluding tert-OH is 1. The Kier molecular flexibility index (Phi) is 6.59. The minimum absolute atomic E-state index is 0.00677. The Bertz CT molecular complexity index is 669. The molecule has 0 heterocycles. The molecule has 1 saturated carbocycles. The van der Waals surface area contributed by atoms with Crippen molar-refractivity contribution in [1.29, 1.82) is 0 Å². The van der Waals surface area contributed by atoms with E-state index in [4.69, 9.17) is 5.11 Å². The highest BCUT2D eigenvalue weighted by Gasteiger charge is 2.23. The summed E-state index contributed by atoms with van der Waals surface area (Å²) < 4.78 is 27.7. The standard InChI is InChI=1S/C16H24N2O5S/c19-10-4-9-17-15-8-7-13(11-14(15)16(20)21)24(22,23)18-12-5-2-1-3-6-12/h7-8,11-12,17-19H,1-6,9-10H2,(H,20,21). The number of aromatic carboxylic acids is 1. The second kappa shape index (κ2) is 8.46. The molecule has 4 N–H and O–H groups in total. The molecule has 0 aromatic heterocycles. The van der Waals surface area contributed by atoms with Crippen molar-refractivity contribution in [3.63, 3.8) is 0 Å². The molecule has 1 aromatic carbocycles. The Labute approximate surface area is 142 Å². The van der Waals surface area contributed by atoms with Crippen molar-refractivity contribution in [2.24, 2.45) is 0 Å². The van der Waals surface area contributed by atoms with Crippen LogP contribution >= 0.6 is 0 Å². The van der Waals surface area contributed by atoms with E-state index >= 15 is 0 Å². The largest absolute Gasteiger partial charge is 0.478 e. The number of hydrogen-bond donors (Lipinski definition) is 4. The van der Waals surface area contributed by atoms with E-state index < -0.39 is 16.0 Å². The van der Waals surface area contributed by atoms with Crippen molar-refractivity contribution in [1.82, 2.24) is 4.72 Å². The summed E-state index contributed by atoms with van der Waals surface area (Å²) in [5.41, 5.74) is 0.243. The first-order chi connectivity index (χ1) is 11.4. The number of sulfonamides is 1. The fraction of sp³-hybridized carbons (Fsp3) is 0.562. The molecular formula is C16H24N2O5S. The zero-order valence-corrected chi connectivity index (χ0v) is 14.3. The van der Waals surface area contributed by atoms with Crippen LogP contribution in [0.15, 0.2) is 23.1 Å². The molecule has 0 radical (unpaired) electrons. The molecule has 0 saturated heterocycles. The molecule has 134 valence electrons. The van der Waals surface area contributed by atoms with Gasteiger partial charge in [-0.15, -0.1) is 0 Å². The minimum atomic E-state index is -3.74. The fourth-order valence-electron chi connectivity index (χ4n) is 2.83. The molecular weight excluding hydrogens is 332 g/mol. The zero-order chi connectivity index (χ0) is 17.6. The van der Waals surface area contributed by atoms with Gasteiger partial charge in [0.2, 0.25) is 10.0 Å². The van der Waals surface area contributed by atoms with Crippen LogP contribution < -0.4 is 10.0 Å². The molecule has 8 heteroatoms. The third-order valence-corrected chi connectivity index (χ3v) is 5.63. The molecule has 0 spiro atoms. The Morgan fingerprint density at radius 3 is 2.54 bits per heavy atom. The van der Waals surface area contributed by atoms with E-state index in [0.717, 1.165) is 32.1 Å². The van der Waals surface area contributed by atoms with E-state index in [1.54, 1.807) is 0 Å².